The molecule has 1 N–H and O–H groups in total. The number of rotatable bonds is 3. The number of fused-ring (bicyclic) bond motifs is 1. The number of carbonyl (C=O) groups is 1. The second-order valence-electron chi connectivity index (χ2n) is 6.61. The average Bonchev–Trinajstić information content (AvgIpc) is 2.84. The fraction of sp³-hybridized carbons (Fsp3) is 0.368. The summed E-state index contributed by atoms with van der Waals surface area (Å²) in [5.74, 6) is 0.703. The van der Waals surface area contributed by atoms with Gasteiger partial charge in [0.1, 0.15) is 5.82 Å². The molecule has 3 aromatic rings. The highest BCUT2D eigenvalue weighted by Gasteiger charge is 2.19. The number of carbonyl (C=O) groups excluding carboxylic acids is 1. The van der Waals surface area contributed by atoms with Crippen molar-refractivity contribution in [3.8, 4) is 0 Å². The van der Waals surface area contributed by atoms with E-state index in [0.29, 0.717) is 11.4 Å². The number of pyridine rings is 2. The SMILES string of the molecule is Cn1nc(C(=O)Nc2cccnc2)c2ccc(N3CCCCCC3)nc21. The molecule has 0 bridgehead atoms. The summed E-state index contributed by atoms with van der Waals surface area (Å²) < 4.78 is 1.68. The molecule has 1 fully saturated rings. The van der Waals surface area contributed by atoms with Crippen molar-refractivity contribution in [2.75, 3.05) is 23.3 Å². The van der Waals surface area contributed by atoms with Crippen LogP contribution in [0.5, 0.6) is 0 Å². The second kappa shape index (κ2) is 7.11. The first-order chi connectivity index (χ1) is 12.7. The lowest BCUT2D eigenvalue weighted by Crippen LogP contribution is -2.24. The van der Waals surface area contributed by atoms with Gasteiger partial charge in [-0.05, 0) is 37.1 Å². The molecular weight excluding hydrogens is 328 g/mol. The molecule has 0 unspecified atom stereocenters. The first-order valence-electron chi connectivity index (χ1n) is 9.02. The summed E-state index contributed by atoms with van der Waals surface area (Å²) in [7, 11) is 1.82. The monoisotopic (exact) mass is 350 g/mol. The zero-order chi connectivity index (χ0) is 17.9. The molecule has 0 saturated carbocycles. The lowest BCUT2D eigenvalue weighted by Gasteiger charge is -2.21. The summed E-state index contributed by atoms with van der Waals surface area (Å²) in [6.45, 7) is 2.06. The fourth-order valence-electron chi connectivity index (χ4n) is 3.39. The Morgan fingerprint density at radius 3 is 2.65 bits per heavy atom. The van der Waals surface area contributed by atoms with Crippen molar-refractivity contribution in [2.24, 2.45) is 7.05 Å². The van der Waals surface area contributed by atoms with Crippen molar-refractivity contribution < 1.29 is 4.79 Å². The Hall–Kier alpha value is -2.96. The molecule has 0 aromatic carbocycles. The van der Waals surface area contributed by atoms with E-state index in [4.69, 9.17) is 4.98 Å². The van der Waals surface area contributed by atoms with Crippen molar-refractivity contribution >= 4 is 28.4 Å². The quantitative estimate of drug-likeness (QED) is 0.786. The van der Waals surface area contributed by atoms with Gasteiger partial charge in [0.05, 0.1) is 17.3 Å². The highest BCUT2D eigenvalue weighted by Crippen LogP contribution is 2.23. The van der Waals surface area contributed by atoms with Gasteiger partial charge in [-0.1, -0.05) is 12.8 Å². The Labute approximate surface area is 152 Å². The van der Waals surface area contributed by atoms with E-state index in [1.807, 2.05) is 19.2 Å². The lowest BCUT2D eigenvalue weighted by atomic mass is 10.2. The van der Waals surface area contributed by atoms with E-state index in [2.05, 4.69) is 20.3 Å². The van der Waals surface area contributed by atoms with Gasteiger partial charge in [0, 0.05) is 26.3 Å². The standard InChI is InChI=1S/C19H22N6O/c1-24-18-15(8-9-16(22-18)25-11-4-2-3-5-12-25)17(23-24)19(26)21-14-7-6-10-20-13-14/h6-10,13H,2-5,11-12H2,1H3,(H,21,26). The van der Waals surface area contributed by atoms with Gasteiger partial charge in [-0.25, -0.2) is 9.67 Å². The minimum absolute atomic E-state index is 0.257. The topological polar surface area (TPSA) is 75.9 Å². The number of hydrogen-bond acceptors (Lipinski definition) is 5. The number of anilines is 2. The van der Waals surface area contributed by atoms with Gasteiger partial charge in [0.2, 0.25) is 0 Å². The van der Waals surface area contributed by atoms with Gasteiger partial charge in [0.15, 0.2) is 11.3 Å². The van der Waals surface area contributed by atoms with Crippen LogP contribution in [0.1, 0.15) is 36.2 Å². The molecule has 26 heavy (non-hydrogen) atoms. The number of aryl methyl sites for hydroxylation is 1. The van der Waals surface area contributed by atoms with Crippen LogP contribution < -0.4 is 10.2 Å². The van der Waals surface area contributed by atoms with E-state index in [9.17, 15) is 4.79 Å². The molecule has 7 heteroatoms. The van der Waals surface area contributed by atoms with E-state index in [1.165, 1.54) is 25.7 Å². The van der Waals surface area contributed by atoms with Crippen LogP contribution in [-0.4, -0.2) is 38.7 Å². The number of aromatic nitrogens is 4. The average molecular weight is 350 g/mol. The van der Waals surface area contributed by atoms with Gasteiger partial charge in [-0.2, -0.15) is 5.10 Å². The van der Waals surface area contributed by atoms with Crippen LogP contribution in [0.15, 0.2) is 36.7 Å². The van der Waals surface area contributed by atoms with Crippen LogP contribution in [-0.2, 0) is 7.05 Å². The third kappa shape index (κ3) is 3.24. The van der Waals surface area contributed by atoms with Gasteiger partial charge >= 0.3 is 0 Å². The molecule has 4 heterocycles. The molecule has 1 amide bonds. The first kappa shape index (κ1) is 16.5. The zero-order valence-electron chi connectivity index (χ0n) is 14.9. The van der Waals surface area contributed by atoms with Crippen LogP contribution in [0.2, 0.25) is 0 Å². The molecule has 0 aliphatic carbocycles. The fourth-order valence-corrected chi connectivity index (χ4v) is 3.39. The number of nitrogens with zero attached hydrogens (tertiary/aromatic N) is 5. The van der Waals surface area contributed by atoms with Crippen LogP contribution >= 0.6 is 0 Å². The molecule has 1 aliphatic rings. The largest absolute Gasteiger partial charge is 0.357 e. The molecule has 0 radical (unpaired) electrons. The number of hydrogen-bond donors (Lipinski definition) is 1. The summed E-state index contributed by atoms with van der Waals surface area (Å²) in [6, 6.07) is 7.52. The highest BCUT2D eigenvalue weighted by atomic mass is 16.2. The van der Waals surface area contributed by atoms with E-state index in [0.717, 1.165) is 29.9 Å². The summed E-state index contributed by atoms with van der Waals surface area (Å²) in [5, 5.41) is 7.99. The Bertz CT molecular complexity index is 912. The summed E-state index contributed by atoms with van der Waals surface area (Å²) >= 11 is 0. The van der Waals surface area contributed by atoms with Crippen molar-refractivity contribution in [1.82, 2.24) is 19.7 Å². The van der Waals surface area contributed by atoms with Gasteiger partial charge in [0.25, 0.3) is 5.91 Å². The lowest BCUT2D eigenvalue weighted by molar-refractivity contribution is 0.102. The number of amides is 1. The van der Waals surface area contributed by atoms with E-state index < -0.39 is 0 Å². The number of nitrogens with one attached hydrogen (secondary N) is 1. The smallest absolute Gasteiger partial charge is 0.276 e. The Morgan fingerprint density at radius 1 is 1.12 bits per heavy atom. The zero-order valence-corrected chi connectivity index (χ0v) is 14.9. The first-order valence-corrected chi connectivity index (χ1v) is 9.02. The summed E-state index contributed by atoms with van der Waals surface area (Å²) in [6.07, 6.45) is 8.23. The van der Waals surface area contributed by atoms with E-state index >= 15 is 0 Å². The second-order valence-corrected chi connectivity index (χ2v) is 6.61. The van der Waals surface area contributed by atoms with Gasteiger partial charge in [-0.3, -0.25) is 9.78 Å². The van der Waals surface area contributed by atoms with Crippen LogP contribution in [0.3, 0.4) is 0 Å². The predicted octanol–water partition coefficient (Wildman–Crippen LogP) is 3.00. The predicted molar refractivity (Wildman–Crippen MR) is 101 cm³/mol. The molecule has 7 nitrogen and oxygen atoms in total. The van der Waals surface area contributed by atoms with Crippen LogP contribution in [0, 0.1) is 0 Å². The highest BCUT2D eigenvalue weighted by molar-refractivity contribution is 6.10. The normalized spacial score (nSPS) is 15.0. The molecule has 4 rings (SSSR count). The third-order valence-electron chi connectivity index (χ3n) is 4.74. The Kier molecular flexibility index (Phi) is 4.51. The molecular formula is C19H22N6O. The van der Waals surface area contributed by atoms with Crippen molar-refractivity contribution in [1.29, 1.82) is 0 Å². The van der Waals surface area contributed by atoms with E-state index in [1.54, 1.807) is 29.2 Å². The molecule has 0 atom stereocenters. The Morgan fingerprint density at radius 2 is 1.92 bits per heavy atom. The maximum atomic E-state index is 12.6. The maximum Gasteiger partial charge on any atom is 0.276 e. The van der Waals surface area contributed by atoms with Crippen molar-refractivity contribution in [3.05, 3.63) is 42.4 Å². The van der Waals surface area contributed by atoms with Crippen LogP contribution in [0.4, 0.5) is 11.5 Å². The van der Waals surface area contributed by atoms with Gasteiger partial charge in [-0.15, -0.1) is 0 Å². The van der Waals surface area contributed by atoms with E-state index in [-0.39, 0.29) is 5.91 Å². The molecule has 1 saturated heterocycles. The summed E-state index contributed by atoms with van der Waals surface area (Å²) in [5.41, 5.74) is 1.75. The molecule has 3 aromatic heterocycles. The molecule has 134 valence electrons. The van der Waals surface area contributed by atoms with Crippen molar-refractivity contribution in [3.63, 3.8) is 0 Å². The Balaban J connectivity index is 1.64. The minimum Gasteiger partial charge on any atom is -0.357 e. The van der Waals surface area contributed by atoms with Crippen molar-refractivity contribution in [2.45, 2.75) is 25.7 Å². The summed E-state index contributed by atoms with van der Waals surface area (Å²) in [4.78, 5) is 23.7. The maximum absolute atomic E-state index is 12.6. The third-order valence-corrected chi connectivity index (χ3v) is 4.74. The minimum atomic E-state index is -0.257. The molecule has 0 spiro atoms. The molecule has 1 aliphatic heterocycles. The van der Waals surface area contributed by atoms with Gasteiger partial charge < -0.3 is 10.2 Å². The van der Waals surface area contributed by atoms with Crippen LogP contribution in [0.25, 0.3) is 11.0 Å².